The predicted octanol–water partition coefficient (Wildman–Crippen LogP) is 3.00. The Hall–Kier alpha value is -0.995. The number of hydrogen-bond acceptors (Lipinski definition) is 3. The van der Waals surface area contributed by atoms with E-state index in [9.17, 15) is 0 Å². The van der Waals surface area contributed by atoms with Gasteiger partial charge in [-0.05, 0) is 71.1 Å². The molecular weight excluding hydrogens is 251 g/mol. The van der Waals surface area contributed by atoms with Gasteiger partial charge in [0.1, 0.15) is 5.75 Å². The number of hydrogen-bond donors (Lipinski definition) is 0. The van der Waals surface area contributed by atoms with Crippen molar-refractivity contribution in [1.29, 1.82) is 0 Å². The van der Waals surface area contributed by atoms with Crippen LogP contribution < -0.4 is 10.2 Å². The van der Waals surface area contributed by atoms with Gasteiger partial charge in [0.2, 0.25) is 0 Å². The van der Waals surface area contributed by atoms with E-state index in [1.54, 1.807) is 0 Å². The maximum Gasteiger partial charge on any atom is 0.495 e. The molecule has 1 aliphatic rings. The molecule has 1 heterocycles. The first-order chi connectivity index (χ1) is 9.18. The van der Waals surface area contributed by atoms with E-state index < -0.39 is 0 Å². The van der Waals surface area contributed by atoms with Crippen LogP contribution in [0.1, 0.15) is 45.7 Å². The van der Waals surface area contributed by atoms with Gasteiger partial charge in [-0.15, -0.1) is 0 Å². The van der Waals surface area contributed by atoms with Crippen LogP contribution in [0.3, 0.4) is 0 Å². The van der Waals surface area contributed by atoms with Gasteiger partial charge in [-0.2, -0.15) is 0 Å². The Bertz CT molecular complexity index is 493. The molecule has 0 aromatic heterocycles. The summed E-state index contributed by atoms with van der Waals surface area (Å²) in [5.41, 5.74) is 2.72. The highest BCUT2D eigenvalue weighted by Gasteiger charge is 2.52. The van der Waals surface area contributed by atoms with Crippen molar-refractivity contribution in [2.75, 3.05) is 6.61 Å². The van der Waals surface area contributed by atoms with Crippen molar-refractivity contribution in [3.8, 4) is 5.75 Å². The molecule has 4 heteroatoms. The van der Waals surface area contributed by atoms with E-state index in [1.807, 2.05) is 6.92 Å². The van der Waals surface area contributed by atoms with Gasteiger partial charge in [0, 0.05) is 0 Å². The quantitative estimate of drug-likeness (QED) is 0.794. The molecule has 2 rings (SSSR count). The maximum absolute atomic E-state index is 6.12. The van der Waals surface area contributed by atoms with E-state index in [0.717, 1.165) is 22.3 Å². The number of rotatable bonds is 3. The van der Waals surface area contributed by atoms with Crippen LogP contribution in [-0.4, -0.2) is 24.9 Å². The molecule has 0 amide bonds. The lowest BCUT2D eigenvalue weighted by molar-refractivity contribution is 0.00578. The Morgan fingerprint density at radius 2 is 1.55 bits per heavy atom. The van der Waals surface area contributed by atoms with Crippen LogP contribution in [0, 0.1) is 13.8 Å². The first-order valence-electron chi connectivity index (χ1n) is 7.27. The molecule has 0 radical (unpaired) electrons. The van der Waals surface area contributed by atoms with Crippen LogP contribution in [0.2, 0.25) is 0 Å². The molecule has 110 valence electrons. The van der Waals surface area contributed by atoms with Gasteiger partial charge in [-0.1, -0.05) is 6.07 Å². The second kappa shape index (κ2) is 5.08. The van der Waals surface area contributed by atoms with Gasteiger partial charge >= 0.3 is 7.12 Å². The average molecular weight is 276 g/mol. The minimum absolute atomic E-state index is 0.309. The molecule has 0 atom stereocenters. The fourth-order valence-electron chi connectivity index (χ4n) is 2.35. The number of benzene rings is 1. The summed E-state index contributed by atoms with van der Waals surface area (Å²) in [6, 6.07) is 4.18. The summed E-state index contributed by atoms with van der Waals surface area (Å²) in [5, 5.41) is 0. The van der Waals surface area contributed by atoms with Crippen molar-refractivity contribution in [1.82, 2.24) is 0 Å². The third-order valence-electron chi connectivity index (χ3n) is 4.37. The third kappa shape index (κ3) is 2.59. The van der Waals surface area contributed by atoms with E-state index in [1.165, 1.54) is 0 Å². The van der Waals surface area contributed by atoms with Crippen molar-refractivity contribution in [3.63, 3.8) is 0 Å². The minimum Gasteiger partial charge on any atom is -0.494 e. The summed E-state index contributed by atoms with van der Waals surface area (Å²) in [4.78, 5) is 0. The van der Waals surface area contributed by atoms with Gasteiger partial charge in [-0.3, -0.25) is 0 Å². The van der Waals surface area contributed by atoms with Crippen LogP contribution in [0.5, 0.6) is 5.75 Å². The number of aryl methyl sites for hydroxylation is 2. The topological polar surface area (TPSA) is 27.7 Å². The molecule has 20 heavy (non-hydrogen) atoms. The molecule has 1 saturated heterocycles. The van der Waals surface area contributed by atoms with Gasteiger partial charge in [0.15, 0.2) is 0 Å². The van der Waals surface area contributed by atoms with Gasteiger partial charge in [-0.25, -0.2) is 0 Å². The zero-order valence-electron chi connectivity index (χ0n) is 13.7. The summed E-state index contributed by atoms with van der Waals surface area (Å²) in [5.74, 6) is 0.935. The van der Waals surface area contributed by atoms with Crippen LogP contribution in [0.15, 0.2) is 12.1 Å². The predicted molar refractivity (Wildman–Crippen MR) is 82.8 cm³/mol. The molecule has 0 aliphatic carbocycles. The largest absolute Gasteiger partial charge is 0.495 e. The Balaban J connectivity index is 2.34. The monoisotopic (exact) mass is 276 g/mol. The molecular formula is C16H25BO3. The van der Waals surface area contributed by atoms with Crippen molar-refractivity contribution in [2.24, 2.45) is 0 Å². The second-order valence-electron chi connectivity index (χ2n) is 6.50. The molecule has 1 aliphatic heterocycles. The van der Waals surface area contributed by atoms with E-state index in [2.05, 4.69) is 53.7 Å². The summed E-state index contributed by atoms with van der Waals surface area (Å²) in [6.45, 7) is 15.1. The summed E-state index contributed by atoms with van der Waals surface area (Å²) < 4.78 is 17.9. The van der Waals surface area contributed by atoms with Crippen LogP contribution in [0.4, 0.5) is 0 Å². The Kier molecular flexibility index (Phi) is 3.91. The average Bonchev–Trinajstić information content (AvgIpc) is 2.53. The Morgan fingerprint density at radius 3 is 2.05 bits per heavy atom. The van der Waals surface area contributed by atoms with Gasteiger partial charge < -0.3 is 14.0 Å². The molecule has 1 aromatic rings. The van der Waals surface area contributed by atoms with E-state index in [4.69, 9.17) is 14.0 Å². The molecule has 3 nitrogen and oxygen atoms in total. The van der Waals surface area contributed by atoms with Crippen LogP contribution in [-0.2, 0) is 9.31 Å². The molecule has 0 unspecified atom stereocenters. The summed E-state index contributed by atoms with van der Waals surface area (Å²) in [6.07, 6.45) is 0. The standard InChI is InChI=1S/C16H25BO3/c1-8-18-14-10-11(2)13(9-12(14)3)17-19-15(4,5)16(6,7)20-17/h9-10H,8H2,1-7H3. The Morgan fingerprint density at radius 1 is 1.00 bits per heavy atom. The zero-order chi connectivity index (χ0) is 15.1. The van der Waals surface area contributed by atoms with Gasteiger partial charge in [0.25, 0.3) is 0 Å². The lowest BCUT2D eigenvalue weighted by Crippen LogP contribution is -2.41. The maximum atomic E-state index is 6.12. The minimum atomic E-state index is -0.311. The SMILES string of the molecule is CCOc1cc(C)c(B2OC(C)(C)C(C)(C)O2)cc1C. The van der Waals surface area contributed by atoms with Gasteiger partial charge in [0.05, 0.1) is 17.8 Å². The fourth-order valence-corrected chi connectivity index (χ4v) is 2.35. The van der Waals surface area contributed by atoms with Crippen molar-refractivity contribution in [2.45, 2.75) is 59.7 Å². The lowest BCUT2D eigenvalue weighted by Gasteiger charge is -2.32. The van der Waals surface area contributed by atoms with Crippen molar-refractivity contribution in [3.05, 3.63) is 23.3 Å². The highest BCUT2D eigenvalue weighted by Crippen LogP contribution is 2.37. The molecule has 0 spiro atoms. The first-order valence-corrected chi connectivity index (χ1v) is 7.27. The zero-order valence-corrected chi connectivity index (χ0v) is 13.7. The van der Waals surface area contributed by atoms with Crippen molar-refractivity contribution >= 4 is 12.6 Å². The highest BCUT2D eigenvalue weighted by molar-refractivity contribution is 6.62. The molecule has 1 aromatic carbocycles. The van der Waals surface area contributed by atoms with Crippen LogP contribution >= 0.6 is 0 Å². The van der Waals surface area contributed by atoms with Crippen molar-refractivity contribution < 1.29 is 14.0 Å². The number of ether oxygens (including phenoxy) is 1. The molecule has 0 N–H and O–H groups in total. The van der Waals surface area contributed by atoms with E-state index >= 15 is 0 Å². The molecule has 1 fully saturated rings. The lowest BCUT2D eigenvalue weighted by atomic mass is 9.75. The van der Waals surface area contributed by atoms with Crippen LogP contribution in [0.25, 0.3) is 0 Å². The molecule has 0 bridgehead atoms. The fraction of sp³-hybridized carbons (Fsp3) is 0.625. The normalized spacial score (nSPS) is 20.2. The smallest absolute Gasteiger partial charge is 0.494 e. The first kappa shape index (κ1) is 15.4. The third-order valence-corrected chi connectivity index (χ3v) is 4.37. The van der Waals surface area contributed by atoms with E-state index in [-0.39, 0.29) is 18.3 Å². The summed E-state index contributed by atoms with van der Waals surface area (Å²) >= 11 is 0. The second-order valence-corrected chi connectivity index (χ2v) is 6.50. The summed E-state index contributed by atoms with van der Waals surface area (Å²) in [7, 11) is -0.311. The Labute approximate surface area is 122 Å². The molecule has 0 saturated carbocycles. The van der Waals surface area contributed by atoms with E-state index in [0.29, 0.717) is 6.61 Å². The highest BCUT2D eigenvalue weighted by atomic mass is 16.7.